The third-order valence-corrected chi connectivity index (χ3v) is 4.39. The van der Waals surface area contributed by atoms with Crippen LogP contribution in [0.2, 0.25) is 0 Å². The number of aliphatic hydroxyl groups excluding tert-OH is 1. The molecule has 2 heteroatoms. The Balaban J connectivity index is 2.05. The number of rotatable bonds is 6. The van der Waals surface area contributed by atoms with E-state index >= 15 is 0 Å². The van der Waals surface area contributed by atoms with Crippen molar-refractivity contribution in [2.45, 2.75) is 64.0 Å². The van der Waals surface area contributed by atoms with E-state index in [4.69, 9.17) is 0 Å². The van der Waals surface area contributed by atoms with Crippen LogP contribution in [0.4, 0.5) is 0 Å². The first-order valence-electron chi connectivity index (χ1n) is 8.80. The topological polar surface area (TPSA) is 23.5 Å². The Morgan fingerprint density at radius 3 is 2.50 bits per heavy atom. The SMILES string of the molecule is CCCCCC(O)C(C#Cc1ccccc1)N1CCCCC1. The molecule has 1 aliphatic rings. The van der Waals surface area contributed by atoms with E-state index in [0.29, 0.717) is 0 Å². The molecule has 2 unspecified atom stereocenters. The average molecular weight is 299 g/mol. The van der Waals surface area contributed by atoms with Gasteiger partial charge in [0, 0.05) is 5.56 Å². The van der Waals surface area contributed by atoms with Crippen LogP contribution in [0.25, 0.3) is 0 Å². The Kier molecular flexibility index (Phi) is 7.49. The zero-order valence-electron chi connectivity index (χ0n) is 13.8. The van der Waals surface area contributed by atoms with E-state index in [-0.39, 0.29) is 12.1 Å². The van der Waals surface area contributed by atoms with Crippen LogP contribution < -0.4 is 0 Å². The molecule has 120 valence electrons. The molecule has 22 heavy (non-hydrogen) atoms. The second kappa shape index (κ2) is 9.66. The Labute approximate surface area is 135 Å². The lowest BCUT2D eigenvalue weighted by molar-refractivity contribution is 0.0599. The maximum atomic E-state index is 10.6. The van der Waals surface area contributed by atoms with Crippen molar-refractivity contribution in [1.82, 2.24) is 4.90 Å². The predicted molar refractivity (Wildman–Crippen MR) is 92.7 cm³/mol. The summed E-state index contributed by atoms with van der Waals surface area (Å²) >= 11 is 0. The van der Waals surface area contributed by atoms with Crippen molar-refractivity contribution in [3.05, 3.63) is 35.9 Å². The fraction of sp³-hybridized carbons (Fsp3) is 0.600. The molecule has 0 amide bonds. The van der Waals surface area contributed by atoms with E-state index in [1.807, 2.05) is 30.3 Å². The van der Waals surface area contributed by atoms with Crippen molar-refractivity contribution >= 4 is 0 Å². The first-order chi connectivity index (χ1) is 10.8. The third-order valence-electron chi connectivity index (χ3n) is 4.39. The Bertz CT molecular complexity index is 467. The van der Waals surface area contributed by atoms with E-state index in [2.05, 4.69) is 23.7 Å². The summed E-state index contributed by atoms with van der Waals surface area (Å²) in [6.45, 7) is 4.33. The molecule has 1 saturated heterocycles. The standard InChI is InChI=1S/C20H29NO/c1-2-3-6-13-20(22)19(21-16-9-5-10-17-21)15-14-18-11-7-4-8-12-18/h4,7-8,11-12,19-20,22H,2-3,5-6,9-10,13,16-17H2,1H3. The largest absolute Gasteiger partial charge is 0.390 e. The summed E-state index contributed by atoms with van der Waals surface area (Å²) in [6.07, 6.45) is 7.76. The molecule has 0 aromatic heterocycles. The first-order valence-corrected chi connectivity index (χ1v) is 8.80. The fourth-order valence-electron chi connectivity index (χ4n) is 3.07. The molecule has 1 N–H and O–H groups in total. The smallest absolute Gasteiger partial charge is 0.0981 e. The van der Waals surface area contributed by atoms with Crippen LogP contribution >= 0.6 is 0 Å². The number of piperidine rings is 1. The van der Waals surface area contributed by atoms with Gasteiger partial charge in [-0.1, -0.05) is 62.6 Å². The molecule has 1 fully saturated rings. The first kappa shape index (κ1) is 17.1. The minimum atomic E-state index is -0.333. The maximum absolute atomic E-state index is 10.6. The Morgan fingerprint density at radius 1 is 1.09 bits per heavy atom. The number of likely N-dealkylation sites (tertiary alicyclic amines) is 1. The zero-order chi connectivity index (χ0) is 15.6. The van der Waals surface area contributed by atoms with E-state index in [1.165, 1.54) is 32.1 Å². The minimum Gasteiger partial charge on any atom is -0.390 e. The minimum absolute atomic E-state index is 0.0163. The second-order valence-corrected chi connectivity index (χ2v) is 6.24. The van der Waals surface area contributed by atoms with Crippen LogP contribution in [-0.2, 0) is 0 Å². The van der Waals surface area contributed by atoms with Crippen LogP contribution in [0.3, 0.4) is 0 Å². The van der Waals surface area contributed by atoms with Gasteiger partial charge in [0.25, 0.3) is 0 Å². The second-order valence-electron chi connectivity index (χ2n) is 6.24. The van der Waals surface area contributed by atoms with Gasteiger partial charge in [0.2, 0.25) is 0 Å². The average Bonchev–Trinajstić information content (AvgIpc) is 2.57. The van der Waals surface area contributed by atoms with E-state index in [0.717, 1.165) is 31.5 Å². The predicted octanol–water partition coefficient (Wildman–Crippen LogP) is 3.83. The number of nitrogens with zero attached hydrogens (tertiary/aromatic N) is 1. The highest BCUT2D eigenvalue weighted by Gasteiger charge is 2.25. The Morgan fingerprint density at radius 2 is 1.82 bits per heavy atom. The van der Waals surface area contributed by atoms with Crippen LogP contribution in [0.1, 0.15) is 57.4 Å². The Hall–Kier alpha value is -1.30. The van der Waals surface area contributed by atoms with E-state index in [9.17, 15) is 5.11 Å². The lowest BCUT2D eigenvalue weighted by Gasteiger charge is -2.34. The van der Waals surface area contributed by atoms with Gasteiger partial charge in [-0.3, -0.25) is 4.90 Å². The molecule has 1 aromatic carbocycles. The molecule has 1 aliphatic heterocycles. The van der Waals surface area contributed by atoms with Gasteiger partial charge < -0.3 is 5.11 Å². The van der Waals surface area contributed by atoms with Crippen molar-refractivity contribution in [1.29, 1.82) is 0 Å². The maximum Gasteiger partial charge on any atom is 0.0981 e. The van der Waals surface area contributed by atoms with Gasteiger partial charge in [0.1, 0.15) is 0 Å². The van der Waals surface area contributed by atoms with Gasteiger partial charge >= 0.3 is 0 Å². The highest BCUT2D eigenvalue weighted by molar-refractivity contribution is 5.35. The molecule has 2 nitrogen and oxygen atoms in total. The van der Waals surface area contributed by atoms with Crippen molar-refractivity contribution in [3.8, 4) is 11.8 Å². The van der Waals surface area contributed by atoms with Crippen LogP contribution in [0, 0.1) is 11.8 Å². The number of unbranched alkanes of at least 4 members (excludes halogenated alkanes) is 2. The lowest BCUT2D eigenvalue weighted by Crippen LogP contribution is -2.45. The summed E-state index contributed by atoms with van der Waals surface area (Å²) in [5.41, 5.74) is 1.03. The van der Waals surface area contributed by atoms with E-state index < -0.39 is 0 Å². The summed E-state index contributed by atoms with van der Waals surface area (Å²) in [6, 6.07) is 10.1. The molecule has 0 saturated carbocycles. The van der Waals surface area contributed by atoms with Gasteiger partial charge in [-0.25, -0.2) is 0 Å². The normalized spacial score (nSPS) is 18.3. The van der Waals surface area contributed by atoms with Gasteiger partial charge in [-0.2, -0.15) is 0 Å². The highest BCUT2D eigenvalue weighted by atomic mass is 16.3. The lowest BCUT2D eigenvalue weighted by atomic mass is 10.00. The van der Waals surface area contributed by atoms with Crippen molar-refractivity contribution in [2.75, 3.05) is 13.1 Å². The monoisotopic (exact) mass is 299 g/mol. The summed E-state index contributed by atoms with van der Waals surface area (Å²) in [7, 11) is 0. The molecule has 2 atom stereocenters. The summed E-state index contributed by atoms with van der Waals surface area (Å²) < 4.78 is 0. The summed E-state index contributed by atoms with van der Waals surface area (Å²) in [5.74, 6) is 6.62. The van der Waals surface area contributed by atoms with Crippen LogP contribution in [0.15, 0.2) is 30.3 Å². The van der Waals surface area contributed by atoms with Crippen molar-refractivity contribution in [2.24, 2.45) is 0 Å². The molecule has 1 heterocycles. The molecule has 1 aromatic rings. The number of hydrogen-bond acceptors (Lipinski definition) is 2. The van der Waals surface area contributed by atoms with Crippen LogP contribution in [-0.4, -0.2) is 35.2 Å². The van der Waals surface area contributed by atoms with Gasteiger partial charge in [0.05, 0.1) is 12.1 Å². The molecule has 0 aliphatic carbocycles. The highest BCUT2D eigenvalue weighted by Crippen LogP contribution is 2.17. The number of hydrogen-bond donors (Lipinski definition) is 1. The van der Waals surface area contributed by atoms with Gasteiger partial charge in [-0.05, 0) is 44.5 Å². The van der Waals surface area contributed by atoms with Gasteiger partial charge in [0.15, 0.2) is 0 Å². The zero-order valence-corrected chi connectivity index (χ0v) is 13.8. The molecule has 0 spiro atoms. The molecular weight excluding hydrogens is 270 g/mol. The molecular formula is C20H29NO. The number of aliphatic hydroxyl groups is 1. The third kappa shape index (κ3) is 5.48. The van der Waals surface area contributed by atoms with Crippen molar-refractivity contribution < 1.29 is 5.11 Å². The fourth-order valence-corrected chi connectivity index (χ4v) is 3.07. The summed E-state index contributed by atoms with van der Waals surface area (Å²) in [4.78, 5) is 2.38. The molecule has 2 rings (SSSR count). The van der Waals surface area contributed by atoms with E-state index in [1.54, 1.807) is 0 Å². The molecule has 0 bridgehead atoms. The van der Waals surface area contributed by atoms with Crippen molar-refractivity contribution in [3.63, 3.8) is 0 Å². The van der Waals surface area contributed by atoms with Gasteiger partial charge in [-0.15, -0.1) is 0 Å². The van der Waals surface area contributed by atoms with Crippen LogP contribution in [0.5, 0.6) is 0 Å². The summed E-state index contributed by atoms with van der Waals surface area (Å²) in [5, 5.41) is 10.6. The molecule has 0 radical (unpaired) electrons. The number of benzene rings is 1. The quantitative estimate of drug-likeness (QED) is 0.637.